The van der Waals surface area contributed by atoms with E-state index in [2.05, 4.69) is 53.1 Å². The Morgan fingerprint density at radius 1 is 0.575 bits per heavy atom. The number of β-amino-alcohol motifs (C(OH)–C–C–N with tert-alkyl or cyclic N) is 1. The number of aliphatic hydroxyl groups excluding tert-OH is 1. The van der Waals surface area contributed by atoms with Gasteiger partial charge in [0, 0.05) is 16.3 Å². The molecule has 6 aromatic rings. The van der Waals surface area contributed by atoms with Gasteiger partial charge in [0.15, 0.2) is 0 Å². The van der Waals surface area contributed by atoms with Crippen LogP contribution in [0, 0.1) is 0 Å². The minimum Gasteiger partial charge on any atom is -0.389 e. The zero-order chi connectivity index (χ0) is 27.2. The maximum absolute atomic E-state index is 13.0. The largest absolute Gasteiger partial charge is 0.389 e. The third-order valence-electron chi connectivity index (χ3n) is 7.72. The molecule has 0 aliphatic carbocycles. The van der Waals surface area contributed by atoms with Crippen LogP contribution in [0.4, 0.5) is 0 Å². The Kier molecular flexibility index (Phi) is 5.80. The molecule has 5 nitrogen and oxygen atoms in total. The van der Waals surface area contributed by atoms with Crippen LogP contribution in [0.15, 0.2) is 121 Å². The van der Waals surface area contributed by atoms with E-state index >= 15 is 0 Å². The molecule has 1 atom stereocenters. The third-order valence-corrected chi connectivity index (χ3v) is 7.72. The van der Waals surface area contributed by atoms with Crippen LogP contribution in [0.5, 0.6) is 0 Å². The standard InChI is InChI=1S/C35H26N2O3/c38-26(22-37-34(39)28-17-9-10-18-29(28)35(37)40)21-36-32(25-14-5-2-6-15-25)31(24-12-3-1-4-13-24)30-20-19-23-11-7-8-16-27(23)33(30)36/h1-20,26,38H,21-22H2/t26-/m0/s1. The van der Waals surface area contributed by atoms with Crippen molar-refractivity contribution in [3.63, 3.8) is 0 Å². The van der Waals surface area contributed by atoms with E-state index in [1.807, 2.05) is 48.5 Å². The van der Waals surface area contributed by atoms with Gasteiger partial charge in [0.2, 0.25) is 0 Å². The summed E-state index contributed by atoms with van der Waals surface area (Å²) in [5, 5.41) is 14.7. The quantitative estimate of drug-likeness (QED) is 0.245. The van der Waals surface area contributed by atoms with Crippen LogP contribution in [-0.2, 0) is 6.54 Å². The highest BCUT2D eigenvalue weighted by molar-refractivity contribution is 6.21. The minimum atomic E-state index is -0.983. The van der Waals surface area contributed by atoms with Crippen molar-refractivity contribution in [3.8, 4) is 22.4 Å². The number of rotatable bonds is 6. The Bertz CT molecular complexity index is 1870. The Morgan fingerprint density at radius 2 is 1.15 bits per heavy atom. The van der Waals surface area contributed by atoms with E-state index in [9.17, 15) is 14.7 Å². The molecular weight excluding hydrogens is 496 g/mol. The number of imide groups is 1. The van der Waals surface area contributed by atoms with Crippen molar-refractivity contribution in [1.29, 1.82) is 0 Å². The van der Waals surface area contributed by atoms with Crippen molar-refractivity contribution in [2.75, 3.05) is 6.54 Å². The zero-order valence-electron chi connectivity index (χ0n) is 21.7. The molecule has 5 aromatic carbocycles. The van der Waals surface area contributed by atoms with Gasteiger partial charge < -0.3 is 9.67 Å². The van der Waals surface area contributed by atoms with E-state index in [-0.39, 0.29) is 24.9 Å². The van der Waals surface area contributed by atoms with Gasteiger partial charge >= 0.3 is 0 Å². The number of fused-ring (bicyclic) bond motifs is 4. The van der Waals surface area contributed by atoms with Crippen molar-refractivity contribution in [2.24, 2.45) is 0 Å². The van der Waals surface area contributed by atoms with Crippen molar-refractivity contribution < 1.29 is 14.7 Å². The molecule has 0 unspecified atom stereocenters. The number of hydrogen-bond donors (Lipinski definition) is 1. The first-order valence-electron chi connectivity index (χ1n) is 13.4. The summed E-state index contributed by atoms with van der Waals surface area (Å²) in [5.74, 6) is -0.730. The van der Waals surface area contributed by atoms with E-state index in [4.69, 9.17) is 0 Å². The molecule has 2 amide bonds. The summed E-state index contributed by atoms with van der Waals surface area (Å²) in [6, 6.07) is 39.8. The fourth-order valence-electron chi connectivity index (χ4n) is 5.98. The van der Waals surface area contributed by atoms with E-state index in [0.717, 1.165) is 44.1 Å². The highest BCUT2D eigenvalue weighted by atomic mass is 16.3. The van der Waals surface area contributed by atoms with Gasteiger partial charge in [-0.05, 0) is 28.6 Å². The monoisotopic (exact) mass is 522 g/mol. The summed E-state index contributed by atoms with van der Waals surface area (Å²) in [7, 11) is 0. The number of aromatic nitrogens is 1. The Balaban J connectivity index is 1.41. The average molecular weight is 523 g/mol. The molecule has 40 heavy (non-hydrogen) atoms. The summed E-state index contributed by atoms with van der Waals surface area (Å²) in [4.78, 5) is 27.3. The van der Waals surface area contributed by atoms with Gasteiger partial charge in [-0.25, -0.2) is 0 Å². The number of carbonyl (C=O) groups is 2. The molecule has 1 N–H and O–H groups in total. The second-order valence-electron chi connectivity index (χ2n) is 10.2. The van der Waals surface area contributed by atoms with Gasteiger partial charge in [-0.15, -0.1) is 0 Å². The molecular formula is C35H26N2O3. The fraction of sp³-hybridized carbons (Fsp3) is 0.0857. The predicted molar refractivity (Wildman–Crippen MR) is 158 cm³/mol. The van der Waals surface area contributed by atoms with Gasteiger partial charge in [0.1, 0.15) is 0 Å². The van der Waals surface area contributed by atoms with Crippen LogP contribution in [0.25, 0.3) is 44.1 Å². The average Bonchev–Trinajstić information content (AvgIpc) is 3.45. The van der Waals surface area contributed by atoms with Gasteiger partial charge in [-0.1, -0.05) is 109 Å². The molecule has 0 spiro atoms. The molecule has 2 heterocycles. The maximum Gasteiger partial charge on any atom is 0.261 e. The summed E-state index contributed by atoms with van der Waals surface area (Å²) in [5.41, 5.74) is 5.95. The number of amides is 2. The predicted octanol–water partition coefficient (Wildman–Crippen LogP) is 6.79. The van der Waals surface area contributed by atoms with Gasteiger partial charge in [-0.3, -0.25) is 14.5 Å². The summed E-state index contributed by atoms with van der Waals surface area (Å²) >= 11 is 0. The lowest BCUT2D eigenvalue weighted by Crippen LogP contribution is -2.38. The molecule has 1 aliphatic heterocycles. The van der Waals surface area contributed by atoms with Gasteiger partial charge in [0.05, 0.1) is 41.5 Å². The molecule has 1 aromatic heterocycles. The third kappa shape index (κ3) is 3.82. The first-order valence-corrected chi connectivity index (χ1v) is 13.4. The van der Waals surface area contributed by atoms with Crippen molar-refractivity contribution >= 4 is 33.5 Å². The van der Waals surface area contributed by atoms with Crippen LogP contribution >= 0.6 is 0 Å². The van der Waals surface area contributed by atoms with Gasteiger partial charge in [0.25, 0.3) is 11.8 Å². The second-order valence-corrected chi connectivity index (χ2v) is 10.2. The van der Waals surface area contributed by atoms with Crippen LogP contribution < -0.4 is 0 Å². The van der Waals surface area contributed by atoms with Crippen LogP contribution in [0.2, 0.25) is 0 Å². The van der Waals surface area contributed by atoms with Crippen LogP contribution in [-0.4, -0.2) is 39.0 Å². The molecule has 0 fully saturated rings. The molecule has 0 saturated heterocycles. The van der Waals surface area contributed by atoms with Gasteiger partial charge in [-0.2, -0.15) is 0 Å². The summed E-state index contributed by atoms with van der Waals surface area (Å²) in [6.07, 6.45) is -0.983. The second kappa shape index (κ2) is 9.63. The van der Waals surface area contributed by atoms with Crippen LogP contribution in [0.3, 0.4) is 0 Å². The lowest BCUT2D eigenvalue weighted by molar-refractivity contribution is 0.0523. The molecule has 0 saturated carbocycles. The maximum atomic E-state index is 13.0. The molecule has 0 bridgehead atoms. The zero-order valence-corrected chi connectivity index (χ0v) is 21.7. The molecule has 7 rings (SSSR count). The Labute approximate surface area is 231 Å². The van der Waals surface area contributed by atoms with Crippen molar-refractivity contribution in [3.05, 3.63) is 132 Å². The summed E-state index contributed by atoms with van der Waals surface area (Å²) < 4.78 is 2.16. The number of aliphatic hydroxyl groups is 1. The first-order chi connectivity index (χ1) is 19.6. The van der Waals surface area contributed by atoms with E-state index < -0.39 is 6.10 Å². The topological polar surface area (TPSA) is 62.5 Å². The first kappa shape index (κ1) is 24.1. The fourth-order valence-corrected chi connectivity index (χ4v) is 5.98. The Morgan fingerprint density at radius 3 is 1.82 bits per heavy atom. The van der Waals surface area contributed by atoms with E-state index in [1.165, 1.54) is 4.90 Å². The van der Waals surface area contributed by atoms with Crippen molar-refractivity contribution in [1.82, 2.24) is 9.47 Å². The number of carbonyl (C=O) groups excluding carboxylic acids is 2. The highest BCUT2D eigenvalue weighted by Gasteiger charge is 2.36. The number of nitrogens with zero attached hydrogens (tertiary/aromatic N) is 2. The number of hydrogen-bond acceptors (Lipinski definition) is 3. The van der Waals surface area contributed by atoms with Crippen molar-refractivity contribution in [2.45, 2.75) is 12.6 Å². The minimum absolute atomic E-state index is 0.0916. The SMILES string of the molecule is O=C1c2ccccc2C(=O)N1C[C@@H](O)Cn1c(-c2ccccc2)c(-c2ccccc2)c2ccc3ccccc3c21. The lowest BCUT2D eigenvalue weighted by atomic mass is 9.97. The smallest absolute Gasteiger partial charge is 0.261 e. The lowest BCUT2D eigenvalue weighted by Gasteiger charge is -2.21. The van der Waals surface area contributed by atoms with Crippen LogP contribution in [0.1, 0.15) is 20.7 Å². The summed E-state index contributed by atoms with van der Waals surface area (Å²) in [6.45, 7) is 0.112. The van der Waals surface area contributed by atoms with E-state index in [0.29, 0.717) is 11.1 Å². The normalized spacial score (nSPS) is 13.8. The molecule has 194 valence electrons. The molecule has 0 radical (unpaired) electrons. The Hall–Kier alpha value is -5.00. The van der Waals surface area contributed by atoms with E-state index in [1.54, 1.807) is 24.3 Å². The number of benzene rings is 5. The molecule has 5 heteroatoms. The highest BCUT2D eigenvalue weighted by Crippen LogP contribution is 2.43. The molecule has 1 aliphatic rings.